The summed E-state index contributed by atoms with van der Waals surface area (Å²) in [4.78, 5) is 12.4. The van der Waals surface area contributed by atoms with Crippen LogP contribution in [0.3, 0.4) is 0 Å². The summed E-state index contributed by atoms with van der Waals surface area (Å²) in [5.41, 5.74) is -0.367. The molecule has 0 unspecified atom stereocenters. The van der Waals surface area contributed by atoms with Gasteiger partial charge in [-0.25, -0.2) is 12.8 Å². The minimum absolute atomic E-state index is 0.00220. The van der Waals surface area contributed by atoms with Gasteiger partial charge in [-0.3, -0.25) is 9.10 Å². The van der Waals surface area contributed by atoms with Crippen LogP contribution in [0, 0.1) is 11.2 Å². The molecule has 25 heavy (non-hydrogen) atoms. The van der Waals surface area contributed by atoms with Crippen molar-refractivity contribution in [3.8, 4) is 0 Å². The van der Waals surface area contributed by atoms with E-state index >= 15 is 0 Å². The molecule has 0 heterocycles. The molecule has 0 aliphatic heterocycles. The molecule has 0 bridgehead atoms. The molecular formula is C17H26ClFN2O3S. The minimum atomic E-state index is -3.74. The highest BCUT2D eigenvalue weighted by Gasteiger charge is 2.29. The molecular weight excluding hydrogens is 367 g/mol. The molecule has 0 radical (unpaired) electrons. The van der Waals surface area contributed by atoms with Crippen LogP contribution in [0.15, 0.2) is 18.2 Å². The molecule has 0 aliphatic rings. The predicted octanol–water partition coefficient (Wildman–Crippen LogP) is 3.58. The Balaban J connectivity index is 3.00. The molecule has 5 nitrogen and oxygen atoms in total. The van der Waals surface area contributed by atoms with Crippen molar-refractivity contribution in [3.63, 3.8) is 0 Å². The van der Waals surface area contributed by atoms with Crippen molar-refractivity contribution in [3.05, 3.63) is 29.0 Å². The van der Waals surface area contributed by atoms with Crippen molar-refractivity contribution in [1.82, 2.24) is 5.32 Å². The lowest BCUT2D eigenvalue weighted by Gasteiger charge is -2.34. The van der Waals surface area contributed by atoms with E-state index in [-0.39, 0.29) is 16.1 Å². The number of halogens is 2. The number of hydrogen-bond acceptors (Lipinski definition) is 3. The Labute approximate surface area is 154 Å². The fraction of sp³-hybridized carbons (Fsp3) is 0.588. The molecule has 0 saturated heterocycles. The molecule has 1 aromatic carbocycles. The summed E-state index contributed by atoms with van der Waals surface area (Å²) in [5, 5.41) is 2.65. The van der Waals surface area contributed by atoms with Crippen LogP contribution in [0.1, 0.15) is 41.0 Å². The molecule has 0 aromatic heterocycles. The normalized spacial score (nSPS) is 12.8. The van der Waals surface area contributed by atoms with Crippen LogP contribution >= 0.6 is 11.6 Å². The van der Waals surface area contributed by atoms with Gasteiger partial charge in [-0.2, -0.15) is 0 Å². The maximum absolute atomic E-state index is 13.3. The Morgan fingerprint density at radius 1 is 1.24 bits per heavy atom. The zero-order valence-electron chi connectivity index (χ0n) is 15.5. The van der Waals surface area contributed by atoms with Gasteiger partial charge < -0.3 is 5.32 Å². The third-order valence-electron chi connectivity index (χ3n) is 3.33. The van der Waals surface area contributed by atoms with E-state index in [4.69, 9.17) is 11.6 Å². The maximum Gasteiger partial charge on any atom is 0.241 e. The summed E-state index contributed by atoms with van der Waals surface area (Å²) in [6.07, 6.45) is 1.70. The Bertz CT molecular complexity index is 743. The largest absolute Gasteiger partial charge is 0.350 e. The fourth-order valence-electron chi connectivity index (χ4n) is 2.96. The van der Waals surface area contributed by atoms with Crippen molar-refractivity contribution in [2.24, 2.45) is 5.41 Å². The number of nitrogens with zero attached hydrogens (tertiary/aromatic N) is 1. The van der Waals surface area contributed by atoms with Crippen LogP contribution in [0.4, 0.5) is 10.1 Å². The first-order chi connectivity index (χ1) is 11.1. The quantitative estimate of drug-likeness (QED) is 0.804. The number of carbonyl (C=O) groups is 1. The Kier molecular flexibility index (Phi) is 6.51. The first-order valence-corrected chi connectivity index (χ1v) is 10.1. The zero-order chi connectivity index (χ0) is 19.6. The van der Waals surface area contributed by atoms with Gasteiger partial charge in [-0.1, -0.05) is 32.4 Å². The number of rotatable bonds is 6. The fourth-order valence-corrected chi connectivity index (χ4v) is 3.98. The highest BCUT2D eigenvalue weighted by Crippen LogP contribution is 2.27. The van der Waals surface area contributed by atoms with Crippen LogP contribution < -0.4 is 9.62 Å². The molecule has 0 aliphatic carbocycles. The van der Waals surface area contributed by atoms with Gasteiger partial charge in [-0.15, -0.1) is 0 Å². The number of anilines is 1. The van der Waals surface area contributed by atoms with Crippen LogP contribution in [-0.4, -0.2) is 32.7 Å². The lowest BCUT2D eigenvalue weighted by Crippen LogP contribution is -2.50. The Morgan fingerprint density at radius 2 is 1.80 bits per heavy atom. The molecule has 1 rings (SSSR count). The van der Waals surface area contributed by atoms with Crippen LogP contribution in [0.25, 0.3) is 0 Å². The van der Waals surface area contributed by atoms with Gasteiger partial charge in [0.15, 0.2) is 0 Å². The highest BCUT2D eigenvalue weighted by atomic mass is 35.5. The smallest absolute Gasteiger partial charge is 0.241 e. The van der Waals surface area contributed by atoms with E-state index in [9.17, 15) is 17.6 Å². The van der Waals surface area contributed by atoms with Crippen LogP contribution in [0.5, 0.6) is 0 Å². The van der Waals surface area contributed by atoms with Gasteiger partial charge in [0.1, 0.15) is 12.4 Å². The number of amides is 1. The molecule has 1 aromatic rings. The van der Waals surface area contributed by atoms with Crippen molar-refractivity contribution < 1.29 is 17.6 Å². The van der Waals surface area contributed by atoms with E-state index in [1.165, 1.54) is 12.1 Å². The van der Waals surface area contributed by atoms with Crippen molar-refractivity contribution >= 4 is 33.2 Å². The molecule has 0 atom stereocenters. The van der Waals surface area contributed by atoms with E-state index < -0.39 is 33.8 Å². The molecule has 142 valence electrons. The summed E-state index contributed by atoms with van der Waals surface area (Å²) in [6.45, 7) is 9.54. The average Bonchev–Trinajstić information content (AvgIpc) is 2.34. The summed E-state index contributed by atoms with van der Waals surface area (Å²) in [6, 6.07) is 3.53. The van der Waals surface area contributed by atoms with Gasteiger partial charge in [-0.05, 0) is 43.9 Å². The topological polar surface area (TPSA) is 66.5 Å². The number of sulfonamides is 1. The van der Waals surface area contributed by atoms with Gasteiger partial charge in [0, 0.05) is 5.54 Å². The lowest BCUT2D eigenvalue weighted by atomic mass is 9.82. The van der Waals surface area contributed by atoms with E-state index in [0.29, 0.717) is 6.42 Å². The highest BCUT2D eigenvalue weighted by molar-refractivity contribution is 7.92. The number of nitrogens with one attached hydrogen (secondary N) is 1. The lowest BCUT2D eigenvalue weighted by molar-refractivity contribution is -0.121. The first-order valence-electron chi connectivity index (χ1n) is 7.84. The molecule has 1 amide bonds. The SMILES string of the molecule is CC(C)(C)CC(C)(C)NC(=O)CN(c1ccc(F)c(Cl)c1)S(C)(=O)=O. The second-order valence-corrected chi connectivity index (χ2v) is 10.4. The second kappa shape index (κ2) is 7.50. The second-order valence-electron chi connectivity index (χ2n) is 8.04. The van der Waals surface area contributed by atoms with E-state index in [0.717, 1.165) is 16.6 Å². The van der Waals surface area contributed by atoms with Gasteiger partial charge in [0.05, 0.1) is 17.0 Å². The molecule has 0 spiro atoms. The van der Waals surface area contributed by atoms with E-state index in [1.54, 1.807) is 0 Å². The summed E-state index contributed by atoms with van der Waals surface area (Å²) < 4.78 is 38.4. The van der Waals surface area contributed by atoms with Crippen molar-refractivity contribution in [1.29, 1.82) is 0 Å². The van der Waals surface area contributed by atoms with E-state index in [2.05, 4.69) is 26.1 Å². The average molecular weight is 393 g/mol. The van der Waals surface area contributed by atoms with Gasteiger partial charge >= 0.3 is 0 Å². The monoisotopic (exact) mass is 392 g/mol. The van der Waals surface area contributed by atoms with Crippen LogP contribution in [-0.2, 0) is 14.8 Å². The van der Waals surface area contributed by atoms with Crippen molar-refractivity contribution in [2.45, 2.75) is 46.6 Å². The Hall–Kier alpha value is -1.34. The summed E-state index contributed by atoms with van der Waals surface area (Å²) in [5.74, 6) is -1.10. The molecule has 8 heteroatoms. The third-order valence-corrected chi connectivity index (χ3v) is 4.76. The molecule has 1 N–H and O–H groups in total. The standard InChI is InChI=1S/C17H26ClFN2O3S/c1-16(2,3)11-17(4,5)20-15(22)10-21(25(6,23)24)12-7-8-14(19)13(18)9-12/h7-9H,10-11H2,1-6H3,(H,20,22). The number of hydrogen-bond donors (Lipinski definition) is 1. The Morgan fingerprint density at radius 3 is 2.24 bits per heavy atom. The van der Waals surface area contributed by atoms with Gasteiger partial charge in [0.2, 0.25) is 15.9 Å². The molecule has 0 saturated carbocycles. The minimum Gasteiger partial charge on any atom is -0.350 e. The summed E-state index contributed by atoms with van der Waals surface area (Å²) >= 11 is 5.73. The van der Waals surface area contributed by atoms with Crippen LogP contribution in [0.2, 0.25) is 5.02 Å². The number of carbonyl (C=O) groups excluding carboxylic acids is 1. The third kappa shape index (κ3) is 7.20. The maximum atomic E-state index is 13.3. The van der Waals surface area contributed by atoms with E-state index in [1.807, 2.05) is 13.8 Å². The summed E-state index contributed by atoms with van der Waals surface area (Å²) in [7, 11) is -3.74. The first kappa shape index (κ1) is 21.7. The molecule has 0 fully saturated rings. The predicted molar refractivity (Wildman–Crippen MR) is 99.9 cm³/mol. The number of benzene rings is 1. The van der Waals surface area contributed by atoms with Crippen molar-refractivity contribution in [2.75, 3.05) is 17.1 Å². The van der Waals surface area contributed by atoms with Gasteiger partial charge in [0.25, 0.3) is 0 Å². The zero-order valence-corrected chi connectivity index (χ0v) is 17.1.